The lowest BCUT2D eigenvalue weighted by Crippen LogP contribution is -2.59. The topological polar surface area (TPSA) is 93.0 Å². The fourth-order valence-electron chi connectivity index (χ4n) is 0.897. The Bertz CT molecular complexity index is 106. The van der Waals surface area contributed by atoms with Gasteiger partial charge in [-0.15, -0.1) is 0 Å². The van der Waals surface area contributed by atoms with Crippen LogP contribution < -0.4 is 5.32 Å². The standard InChI is InChI=1S/C5H11NO4/c7-2-1-6-5(10)4(9)3(2)8/h2-10H,1H2/t2-,3+,4+,5?/m1/s1. The van der Waals surface area contributed by atoms with Crippen molar-refractivity contribution >= 4 is 0 Å². The maximum Gasteiger partial charge on any atom is 0.133 e. The molecule has 0 aromatic heterocycles. The van der Waals surface area contributed by atoms with Crippen LogP contribution in [0.15, 0.2) is 0 Å². The fourth-order valence-corrected chi connectivity index (χ4v) is 0.897. The van der Waals surface area contributed by atoms with Gasteiger partial charge in [0, 0.05) is 6.54 Å². The number of rotatable bonds is 0. The van der Waals surface area contributed by atoms with Crippen LogP contribution in [0.2, 0.25) is 0 Å². The van der Waals surface area contributed by atoms with E-state index in [2.05, 4.69) is 5.32 Å². The Morgan fingerprint density at radius 3 is 2.10 bits per heavy atom. The van der Waals surface area contributed by atoms with Crippen molar-refractivity contribution in [2.75, 3.05) is 6.54 Å². The lowest BCUT2D eigenvalue weighted by atomic mass is 10.0. The molecule has 0 aromatic rings. The lowest BCUT2D eigenvalue weighted by Gasteiger charge is -2.32. The Morgan fingerprint density at radius 1 is 1.00 bits per heavy atom. The summed E-state index contributed by atoms with van der Waals surface area (Å²) >= 11 is 0. The van der Waals surface area contributed by atoms with Crippen LogP contribution in [0, 0.1) is 0 Å². The van der Waals surface area contributed by atoms with Crippen LogP contribution in [-0.4, -0.2) is 51.5 Å². The summed E-state index contributed by atoms with van der Waals surface area (Å²) in [6.07, 6.45) is -4.70. The summed E-state index contributed by atoms with van der Waals surface area (Å²) in [6, 6.07) is 0. The number of hydrogen-bond donors (Lipinski definition) is 5. The van der Waals surface area contributed by atoms with Gasteiger partial charge in [0.05, 0.1) is 6.10 Å². The van der Waals surface area contributed by atoms with Gasteiger partial charge in [-0.05, 0) is 0 Å². The largest absolute Gasteiger partial charge is 0.389 e. The van der Waals surface area contributed by atoms with E-state index in [0.29, 0.717) is 0 Å². The first kappa shape index (κ1) is 7.90. The van der Waals surface area contributed by atoms with Crippen molar-refractivity contribution in [1.82, 2.24) is 5.32 Å². The SMILES string of the molecule is OC1NC[C@@H](O)[C@H](O)[C@@H]1O. The van der Waals surface area contributed by atoms with Crippen molar-refractivity contribution in [3.05, 3.63) is 0 Å². The molecule has 0 aromatic carbocycles. The van der Waals surface area contributed by atoms with Crippen molar-refractivity contribution in [2.45, 2.75) is 24.5 Å². The van der Waals surface area contributed by atoms with Gasteiger partial charge in [0.25, 0.3) is 0 Å². The van der Waals surface area contributed by atoms with Crippen LogP contribution in [0.5, 0.6) is 0 Å². The molecule has 1 heterocycles. The summed E-state index contributed by atoms with van der Waals surface area (Å²) in [5, 5.41) is 37.9. The summed E-state index contributed by atoms with van der Waals surface area (Å²) in [5.41, 5.74) is 0. The average molecular weight is 149 g/mol. The molecule has 0 amide bonds. The van der Waals surface area contributed by atoms with E-state index in [0.717, 1.165) is 0 Å². The van der Waals surface area contributed by atoms with Gasteiger partial charge in [-0.1, -0.05) is 0 Å². The highest BCUT2D eigenvalue weighted by Crippen LogP contribution is 2.07. The summed E-state index contributed by atoms with van der Waals surface area (Å²) in [4.78, 5) is 0. The van der Waals surface area contributed by atoms with Crippen LogP contribution in [-0.2, 0) is 0 Å². The third-order valence-corrected chi connectivity index (χ3v) is 1.60. The quantitative estimate of drug-likeness (QED) is 0.253. The predicted molar refractivity (Wildman–Crippen MR) is 32.0 cm³/mol. The third kappa shape index (κ3) is 1.28. The Balaban J connectivity index is 2.52. The van der Waals surface area contributed by atoms with E-state index in [1.54, 1.807) is 0 Å². The molecule has 5 nitrogen and oxygen atoms in total. The summed E-state index contributed by atoms with van der Waals surface area (Å²) < 4.78 is 0. The zero-order valence-electron chi connectivity index (χ0n) is 5.31. The first-order chi connectivity index (χ1) is 4.63. The molecule has 0 radical (unpaired) electrons. The number of nitrogens with one attached hydrogen (secondary N) is 1. The Kier molecular flexibility index (Phi) is 2.22. The second kappa shape index (κ2) is 2.81. The van der Waals surface area contributed by atoms with Crippen molar-refractivity contribution in [3.63, 3.8) is 0 Å². The molecule has 5 heteroatoms. The van der Waals surface area contributed by atoms with Gasteiger partial charge < -0.3 is 20.4 Å². The molecule has 1 aliphatic rings. The van der Waals surface area contributed by atoms with Crippen molar-refractivity contribution in [2.24, 2.45) is 0 Å². The average Bonchev–Trinajstić information content (AvgIpc) is 1.93. The van der Waals surface area contributed by atoms with Gasteiger partial charge in [0.2, 0.25) is 0 Å². The highest BCUT2D eigenvalue weighted by atomic mass is 16.4. The maximum atomic E-state index is 8.92. The third-order valence-electron chi connectivity index (χ3n) is 1.60. The molecule has 0 spiro atoms. The van der Waals surface area contributed by atoms with Gasteiger partial charge in [-0.3, -0.25) is 5.32 Å². The van der Waals surface area contributed by atoms with Gasteiger partial charge in [-0.25, -0.2) is 0 Å². The molecule has 4 atom stereocenters. The number of aliphatic hydroxyl groups excluding tert-OH is 4. The van der Waals surface area contributed by atoms with Crippen LogP contribution in [0.25, 0.3) is 0 Å². The molecule has 1 fully saturated rings. The predicted octanol–water partition coefficient (Wildman–Crippen LogP) is -3.01. The number of hydrogen-bond acceptors (Lipinski definition) is 5. The van der Waals surface area contributed by atoms with E-state index in [9.17, 15) is 0 Å². The second-order valence-electron chi connectivity index (χ2n) is 2.40. The minimum absolute atomic E-state index is 0.0966. The first-order valence-electron chi connectivity index (χ1n) is 3.08. The van der Waals surface area contributed by atoms with E-state index in [1.807, 2.05) is 0 Å². The Hall–Kier alpha value is -0.200. The highest BCUT2D eigenvalue weighted by molar-refractivity contribution is 4.86. The molecule has 1 saturated heterocycles. The van der Waals surface area contributed by atoms with E-state index in [-0.39, 0.29) is 6.54 Å². The van der Waals surface area contributed by atoms with Crippen molar-refractivity contribution < 1.29 is 20.4 Å². The summed E-state index contributed by atoms with van der Waals surface area (Å²) in [6.45, 7) is 0.0966. The van der Waals surface area contributed by atoms with Gasteiger partial charge in [0.15, 0.2) is 0 Å². The minimum Gasteiger partial charge on any atom is -0.389 e. The molecule has 0 aliphatic carbocycles. The molecule has 5 N–H and O–H groups in total. The first-order valence-corrected chi connectivity index (χ1v) is 3.08. The van der Waals surface area contributed by atoms with Gasteiger partial charge in [-0.2, -0.15) is 0 Å². The molecule has 1 rings (SSSR count). The molecule has 10 heavy (non-hydrogen) atoms. The van der Waals surface area contributed by atoms with Gasteiger partial charge in [0.1, 0.15) is 18.4 Å². The van der Waals surface area contributed by atoms with Crippen LogP contribution in [0.3, 0.4) is 0 Å². The molecule has 60 valence electrons. The monoisotopic (exact) mass is 149 g/mol. The van der Waals surface area contributed by atoms with E-state index in [4.69, 9.17) is 20.4 Å². The van der Waals surface area contributed by atoms with Gasteiger partial charge >= 0.3 is 0 Å². The van der Waals surface area contributed by atoms with Crippen LogP contribution in [0.4, 0.5) is 0 Å². The summed E-state index contributed by atoms with van der Waals surface area (Å²) in [5.74, 6) is 0. The number of aliphatic hydroxyl groups is 4. The van der Waals surface area contributed by atoms with Crippen molar-refractivity contribution in [3.8, 4) is 0 Å². The highest BCUT2D eigenvalue weighted by Gasteiger charge is 2.34. The Labute approximate surface area is 57.9 Å². The molecular formula is C5H11NO4. The van der Waals surface area contributed by atoms with Crippen molar-refractivity contribution in [1.29, 1.82) is 0 Å². The number of β-amino-alcohol motifs (C(OH)–C–C–N with tert-alkyl or cyclic N) is 1. The van der Waals surface area contributed by atoms with E-state index < -0.39 is 24.5 Å². The summed E-state index contributed by atoms with van der Waals surface area (Å²) in [7, 11) is 0. The van der Waals surface area contributed by atoms with E-state index in [1.165, 1.54) is 0 Å². The molecular weight excluding hydrogens is 138 g/mol. The zero-order chi connectivity index (χ0) is 7.72. The lowest BCUT2D eigenvalue weighted by molar-refractivity contribution is -0.139. The molecule has 0 bridgehead atoms. The zero-order valence-corrected chi connectivity index (χ0v) is 5.31. The Morgan fingerprint density at radius 2 is 1.60 bits per heavy atom. The van der Waals surface area contributed by atoms with Crippen LogP contribution >= 0.6 is 0 Å². The normalized spacial score (nSPS) is 49.2. The minimum atomic E-state index is -1.30. The second-order valence-corrected chi connectivity index (χ2v) is 2.40. The molecule has 1 aliphatic heterocycles. The van der Waals surface area contributed by atoms with E-state index >= 15 is 0 Å². The van der Waals surface area contributed by atoms with Crippen LogP contribution in [0.1, 0.15) is 0 Å². The smallest absolute Gasteiger partial charge is 0.133 e. The molecule has 0 saturated carbocycles. The number of piperidine rings is 1. The molecule has 1 unspecified atom stereocenters. The fraction of sp³-hybridized carbons (Fsp3) is 1.00. The maximum absolute atomic E-state index is 8.92.